The van der Waals surface area contributed by atoms with Crippen molar-refractivity contribution in [3.63, 3.8) is 0 Å². The second-order valence-corrected chi connectivity index (χ2v) is 3.04. The Kier molecular flexibility index (Phi) is 2.09. The predicted octanol–water partition coefficient (Wildman–Crippen LogP) is 2.71. The number of hydrogen-bond acceptors (Lipinski definition) is 1. The number of carbonyl (C=O) groups excluding carboxylic acids is 1. The standard InChI is InChI=1S/C12H10O/c13-9-11-7-3-4-8-12(11)10-5-1-2-6-10/h1-10H. The summed E-state index contributed by atoms with van der Waals surface area (Å²) in [7, 11) is 0. The van der Waals surface area contributed by atoms with Crippen LogP contribution < -0.4 is 0 Å². The minimum atomic E-state index is 0.279. The van der Waals surface area contributed by atoms with Crippen molar-refractivity contribution in [2.24, 2.45) is 0 Å². The molecule has 0 spiro atoms. The third-order valence-corrected chi connectivity index (χ3v) is 2.23. The van der Waals surface area contributed by atoms with Crippen LogP contribution in [0.15, 0.2) is 48.6 Å². The molecule has 0 saturated heterocycles. The van der Waals surface area contributed by atoms with Gasteiger partial charge in [-0.05, 0) is 5.56 Å². The Morgan fingerprint density at radius 1 is 1.08 bits per heavy atom. The summed E-state index contributed by atoms with van der Waals surface area (Å²) in [6.45, 7) is 0. The summed E-state index contributed by atoms with van der Waals surface area (Å²) in [6, 6.07) is 7.69. The molecule has 0 heterocycles. The Bertz CT molecular complexity index is 362. The smallest absolute Gasteiger partial charge is 0.150 e. The number of rotatable bonds is 2. The normalized spacial score (nSPS) is 15.1. The fourth-order valence-electron chi connectivity index (χ4n) is 1.56. The lowest BCUT2D eigenvalue weighted by molar-refractivity contribution is 0.112. The second-order valence-electron chi connectivity index (χ2n) is 3.04. The lowest BCUT2D eigenvalue weighted by Gasteiger charge is -2.07. The molecule has 13 heavy (non-hydrogen) atoms. The Morgan fingerprint density at radius 3 is 2.46 bits per heavy atom. The highest BCUT2D eigenvalue weighted by atomic mass is 16.1. The van der Waals surface area contributed by atoms with E-state index in [1.807, 2.05) is 36.4 Å². The van der Waals surface area contributed by atoms with Crippen molar-refractivity contribution in [3.05, 3.63) is 59.7 Å². The fourth-order valence-corrected chi connectivity index (χ4v) is 1.56. The molecule has 0 atom stereocenters. The van der Waals surface area contributed by atoms with Gasteiger partial charge in [0.05, 0.1) is 0 Å². The highest BCUT2D eigenvalue weighted by Gasteiger charge is 2.10. The molecule has 0 fully saturated rings. The van der Waals surface area contributed by atoms with Gasteiger partial charge in [0.2, 0.25) is 0 Å². The van der Waals surface area contributed by atoms with E-state index in [-0.39, 0.29) is 5.92 Å². The van der Waals surface area contributed by atoms with Gasteiger partial charge in [-0.3, -0.25) is 4.79 Å². The van der Waals surface area contributed by atoms with Crippen LogP contribution in [0.3, 0.4) is 0 Å². The van der Waals surface area contributed by atoms with Crippen molar-refractivity contribution in [3.8, 4) is 0 Å². The minimum absolute atomic E-state index is 0.279. The van der Waals surface area contributed by atoms with Gasteiger partial charge in [0.15, 0.2) is 0 Å². The zero-order valence-electron chi connectivity index (χ0n) is 7.18. The summed E-state index contributed by atoms with van der Waals surface area (Å²) < 4.78 is 0. The largest absolute Gasteiger partial charge is 0.298 e. The first-order chi connectivity index (χ1) is 6.42. The second kappa shape index (κ2) is 3.40. The third kappa shape index (κ3) is 1.45. The number of hydrogen-bond donors (Lipinski definition) is 0. The summed E-state index contributed by atoms with van der Waals surface area (Å²) in [4.78, 5) is 10.7. The molecule has 0 unspecified atom stereocenters. The van der Waals surface area contributed by atoms with Gasteiger partial charge in [-0.15, -0.1) is 0 Å². The van der Waals surface area contributed by atoms with E-state index in [2.05, 4.69) is 12.2 Å². The van der Waals surface area contributed by atoms with Gasteiger partial charge in [-0.25, -0.2) is 0 Å². The average molecular weight is 170 g/mol. The van der Waals surface area contributed by atoms with Crippen LogP contribution in [-0.2, 0) is 0 Å². The van der Waals surface area contributed by atoms with Crippen molar-refractivity contribution in [2.75, 3.05) is 0 Å². The van der Waals surface area contributed by atoms with Gasteiger partial charge in [0, 0.05) is 11.5 Å². The molecule has 1 aromatic rings. The van der Waals surface area contributed by atoms with Gasteiger partial charge in [-0.2, -0.15) is 0 Å². The Morgan fingerprint density at radius 2 is 1.77 bits per heavy atom. The van der Waals surface area contributed by atoms with Gasteiger partial charge < -0.3 is 0 Å². The van der Waals surface area contributed by atoms with Gasteiger partial charge in [0.25, 0.3) is 0 Å². The zero-order valence-corrected chi connectivity index (χ0v) is 7.18. The topological polar surface area (TPSA) is 17.1 Å². The average Bonchev–Trinajstić information content (AvgIpc) is 2.70. The van der Waals surface area contributed by atoms with Crippen LogP contribution in [0.25, 0.3) is 0 Å². The molecule has 0 saturated carbocycles. The molecule has 0 aliphatic heterocycles. The SMILES string of the molecule is O=Cc1ccccc1C1C=CC=C1. The van der Waals surface area contributed by atoms with Crippen molar-refractivity contribution in [2.45, 2.75) is 5.92 Å². The predicted molar refractivity (Wildman–Crippen MR) is 52.9 cm³/mol. The molecule has 0 amide bonds. The maximum Gasteiger partial charge on any atom is 0.150 e. The van der Waals surface area contributed by atoms with Crippen molar-refractivity contribution in [1.29, 1.82) is 0 Å². The molecule has 2 rings (SSSR count). The minimum Gasteiger partial charge on any atom is -0.298 e. The van der Waals surface area contributed by atoms with Gasteiger partial charge in [0.1, 0.15) is 6.29 Å². The van der Waals surface area contributed by atoms with E-state index in [1.165, 1.54) is 0 Å². The Hall–Kier alpha value is -1.63. The fraction of sp³-hybridized carbons (Fsp3) is 0.0833. The monoisotopic (exact) mass is 170 g/mol. The number of allylic oxidation sites excluding steroid dienone is 4. The summed E-state index contributed by atoms with van der Waals surface area (Å²) in [5, 5.41) is 0. The van der Waals surface area contributed by atoms with Crippen LogP contribution in [0.5, 0.6) is 0 Å². The van der Waals surface area contributed by atoms with Gasteiger partial charge in [-0.1, -0.05) is 48.6 Å². The van der Waals surface area contributed by atoms with Crippen LogP contribution >= 0.6 is 0 Å². The quantitative estimate of drug-likeness (QED) is 0.624. The van der Waals surface area contributed by atoms with Crippen LogP contribution in [-0.4, -0.2) is 6.29 Å². The highest BCUT2D eigenvalue weighted by molar-refractivity contribution is 5.78. The lowest BCUT2D eigenvalue weighted by Crippen LogP contribution is -1.94. The van der Waals surface area contributed by atoms with Crippen molar-refractivity contribution in [1.82, 2.24) is 0 Å². The zero-order chi connectivity index (χ0) is 9.10. The molecule has 0 aromatic heterocycles. The molecule has 1 aliphatic rings. The van der Waals surface area contributed by atoms with E-state index >= 15 is 0 Å². The van der Waals surface area contributed by atoms with E-state index in [1.54, 1.807) is 0 Å². The van der Waals surface area contributed by atoms with E-state index in [0.717, 1.165) is 17.4 Å². The van der Waals surface area contributed by atoms with Crippen molar-refractivity contribution < 1.29 is 4.79 Å². The van der Waals surface area contributed by atoms with Crippen LogP contribution in [0, 0.1) is 0 Å². The molecule has 0 bridgehead atoms. The van der Waals surface area contributed by atoms with E-state index in [0.29, 0.717) is 0 Å². The molecule has 1 nitrogen and oxygen atoms in total. The maximum absolute atomic E-state index is 10.7. The van der Waals surface area contributed by atoms with Crippen molar-refractivity contribution >= 4 is 6.29 Å². The molecule has 1 aliphatic carbocycles. The molecular weight excluding hydrogens is 160 g/mol. The molecule has 1 aromatic carbocycles. The third-order valence-electron chi connectivity index (χ3n) is 2.23. The molecule has 1 heteroatoms. The molecule has 64 valence electrons. The first-order valence-electron chi connectivity index (χ1n) is 4.31. The van der Waals surface area contributed by atoms with Crippen LogP contribution in [0.2, 0.25) is 0 Å². The molecule has 0 N–H and O–H groups in total. The summed E-state index contributed by atoms with van der Waals surface area (Å²) in [5.74, 6) is 0.279. The summed E-state index contributed by atoms with van der Waals surface area (Å²) >= 11 is 0. The van der Waals surface area contributed by atoms with E-state index in [9.17, 15) is 4.79 Å². The Labute approximate surface area is 77.4 Å². The summed E-state index contributed by atoms with van der Waals surface area (Å²) in [6.07, 6.45) is 9.10. The van der Waals surface area contributed by atoms with Crippen LogP contribution in [0.4, 0.5) is 0 Å². The highest BCUT2D eigenvalue weighted by Crippen LogP contribution is 2.24. The molecular formula is C12H10O. The summed E-state index contributed by atoms with van der Waals surface area (Å²) in [5.41, 5.74) is 1.87. The first kappa shape index (κ1) is 7.99. The number of aldehydes is 1. The number of carbonyl (C=O) groups is 1. The van der Waals surface area contributed by atoms with E-state index < -0.39 is 0 Å². The first-order valence-corrected chi connectivity index (χ1v) is 4.31. The van der Waals surface area contributed by atoms with Crippen LogP contribution in [0.1, 0.15) is 21.8 Å². The number of benzene rings is 1. The molecule has 0 radical (unpaired) electrons. The van der Waals surface area contributed by atoms with Gasteiger partial charge >= 0.3 is 0 Å². The van der Waals surface area contributed by atoms with E-state index in [4.69, 9.17) is 0 Å². The Balaban J connectivity index is 2.43. The lowest BCUT2D eigenvalue weighted by atomic mass is 9.96. The maximum atomic E-state index is 10.7.